The molecule has 2 aromatic rings. The van der Waals surface area contributed by atoms with E-state index in [9.17, 15) is 4.79 Å². The molecule has 1 amide bonds. The average molecular weight is 310 g/mol. The normalized spacial score (nSPS) is 14.1. The van der Waals surface area contributed by atoms with Crippen molar-refractivity contribution >= 4 is 11.6 Å². The molecule has 120 valence electrons. The van der Waals surface area contributed by atoms with Crippen molar-refractivity contribution in [1.29, 1.82) is 0 Å². The first-order chi connectivity index (χ1) is 11.1. The van der Waals surface area contributed by atoms with Crippen LogP contribution < -0.4 is 4.90 Å². The fourth-order valence-electron chi connectivity index (χ4n) is 2.94. The largest absolute Gasteiger partial charge is 0.371 e. The number of rotatable bonds is 4. The quantitative estimate of drug-likeness (QED) is 0.871. The number of benzene rings is 1. The molecule has 0 spiro atoms. The molecule has 1 aromatic heterocycles. The smallest absolute Gasteiger partial charge is 0.274 e. The number of carbonyl (C=O) groups is 1. The molecule has 5 nitrogen and oxygen atoms in total. The molecule has 1 aliphatic rings. The van der Waals surface area contributed by atoms with Crippen LogP contribution in [0.15, 0.2) is 36.7 Å². The van der Waals surface area contributed by atoms with Gasteiger partial charge in [0.1, 0.15) is 5.69 Å². The summed E-state index contributed by atoms with van der Waals surface area (Å²) in [5.41, 5.74) is 3.60. The second-order valence-electron chi connectivity index (χ2n) is 6.03. The van der Waals surface area contributed by atoms with Crippen LogP contribution in [0.2, 0.25) is 0 Å². The Morgan fingerprint density at radius 1 is 1.17 bits per heavy atom. The van der Waals surface area contributed by atoms with Gasteiger partial charge in [0.05, 0.1) is 11.9 Å². The molecule has 1 aromatic carbocycles. The van der Waals surface area contributed by atoms with Crippen molar-refractivity contribution in [3.8, 4) is 0 Å². The van der Waals surface area contributed by atoms with Gasteiger partial charge in [0.15, 0.2) is 0 Å². The molecule has 0 N–H and O–H groups in total. The fraction of sp³-hybridized carbons (Fsp3) is 0.389. The fourth-order valence-corrected chi connectivity index (χ4v) is 2.94. The third-order valence-corrected chi connectivity index (χ3v) is 4.19. The molecule has 0 aliphatic carbocycles. The summed E-state index contributed by atoms with van der Waals surface area (Å²) in [6.45, 7) is 4.62. The summed E-state index contributed by atoms with van der Waals surface area (Å²) in [4.78, 5) is 24.9. The maximum absolute atomic E-state index is 12.5. The van der Waals surface area contributed by atoms with E-state index < -0.39 is 0 Å². The Labute approximate surface area is 137 Å². The first-order valence-corrected chi connectivity index (χ1v) is 8.02. The van der Waals surface area contributed by atoms with E-state index in [1.165, 1.54) is 24.1 Å². The number of para-hydroxylation sites is 1. The van der Waals surface area contributed by atoms with Gasteiger partial charge in [-0.1, -0.05) is 18.2 Å². The Morgan fingerprint density at radius 2 is 1.91 bits per heavy atom. The molecular formula is C18H22N4O. The molecule has 2 heterocycles. The highest BCUT2D eigenvalue weighted by Gasteiger charge is 2.19. The minimum Gasteiger partial charge on any atom is -0.371 e. The molecule has 1 aliphatic heterocycles. The maximum Gasteiger partial charge on any atom is 0.274 e. The van der Waals surface area contributed by atoms with Crippen molar-refractivity contribution in [1.82, 2.24) is 14.9 Å². The summed E-state index contributed by atoms with van der Waals surface area (Å²) in [6, 6.07) is 8.33. The molecule has 1 fully saturated rings. The highest BCUT2D eigenvalue weighted by molar-refractivity contribution is 5.91. The molecule has 0 radical (unpaired) electrons. The second-order valence-corrected chi connectivity index (χ2v) is 6.03. The van der Waals surface area contributed by atoms with Gasteiger partial charge in [-0.3, -0.25) is 9.78 Å². The topological polar surface area (TPSA) is 49.3 Å². The predicted molar refractivity (Wildman–Crippen MR) is 90.5 cm³/mol. The summed E-state index contributed by atoms with van der Waals surface area (Å²) in [7, 11) is 1.81. The van der Waals surface area contributed by atoms with Crippen LogP contribution in [0, 0.1) is 6.92 Å². The lowest BCUT2D eigenvalue weighted by Gasteiger charge is -2.24. The summed E-state index contributed by atoms with van der Waals surface area (Å²) < 4.78 is 0. The zero-order valence-electron chi connectivity index (χ0n) is 13.7. The average Bonchev–Trinajstić information content (AvgIpc) is 3.09. The SMILES string of the molecule is Cc1cnc(C(=O)N(C)Cc2ccccc2N2CCCC2)cn1. The van der Waals surface area contributed by atoms with Crippen LogP contribution in [0.1, 0.15) is 34.6 Å². The predicted octanol–water partition coefficient (Wildman–Crippen LogP) is 2.66. The van der Waals surface area contributed by atoms with E-state index >= 15 is 0 Å². The summed E-state index contributed by atoms with van der Waals surface area (Å²) >= 11 is 0. The number of amides is 1. The zero-order valence-corrected chi connectivity index (χ0v) is 13.7. The van der Waals surface area contributed by atoms with Gasteiger partial charge < -0.3 is 9.80 Å². The summed E-state index contributed by atoms with van der Waals surface area (Å²) in [5, 5.41) is 0. The van der Waals surface area contributed by atoms with Crippen molar-refractivity contribution < 1.29 is 4.79 Å². The van der Waals surface area contributed by atoms with E-state index in [2.05, 4.69) is 33.1 Å². The van der Waals surface area contributed by atoms with E-state index in [1.54, 1.807) is 17.3 Å². The number of nitrogens with zero attached hydrogens (tertiary/aromatic N) is 4. The second kappa shape index (κ2) is 6.77. The molecule has 1 saturated heterocycles. The molecule has 0 saturated carbocycles. The van der Waals surface area contributed by atoms with Crippen LogP contribution in [0.25, 0.3) is 0 Å². The van der Waals surface area contributed by atoms with Crippen LogP contribution in [0.3, 0.4) is 0 Å². The van der Waals surface area contributed by atoms with Gasteiger partial charge in [0.25, 0.3) is 5.91 Å². The first-order valence-electron chi connectivity index (χ1n) is 8.02. The van der Waals surface area contributed by atoms with E-state index in [0.717, 1.165) is 18.8 Å². The Morgan fingerprint density at radius 3 is 2.61 bits per heavy atom. The van der Waals surface area contributed by atoms with Crippen LogP contribution in [0.5, 0.6) is 0 Å². The van der Waals surface area contributed by atoms with Gasteiger partial charge in [-0.25, -0.2) is 4.98 Å². The standard InChI is InChI=1S/C18H22N4O/c1-14-11-20-16(12-19-14)18(23)21(2)13-15-7-3-4-8-17(15)22-9-5-6-10-22/h3-4,7-8,11-12H,5-6,9-10,13H2,1-2H3. The number of anilines is 1. The number of hydrogen-bond donors (Lipinski definition) is 0. The lowest BCUT2D eigenvalue weighted by atomic mass is 10.1. The lowest BCUT2D eigenvalue weighted by molar-refractivity contribution is 0.0779. The van der Waals surface area contributed by atoms with Crippen LogP contribution in [-0.4, -0.2) is 40.9 Å². The molecule has 5 heteroatoms. The molecule has 0 atom stereocenters. The number of carbonyl (C=O) groups excluding carboxylic acids is 1. The Bertz CT molecular complexity index is 678. The van der Waals surface area contributed by atoms with Crippen LogP contribution in [0.4, 0.5) is 5.69 Å². The highest BCUT2D eigenvalue weighted by atomic mass is 16.2. The Kier molecular flexibility index (Phi) is 4.55. The summed E-state index contributed by atoms with van der Waals surface area (Å²) in [5.74, 6) is -0.103. The van der Waals surface area contributed by atoms with Gasteiger partial charge in [0.2, 0.25) is 0 Å². The third kappa shape index (κ3) is 3.50. The van der Waals surface area contributed by atoms with Gasteiger partial charge in [0, 0.05) is 38.6 Å². The van der Waals surface area contributed by atoms with Crippen LogP contribution in [-0.2, 0) is 6.54 Å². The maximum atomic E-state index is 12.5. The minimum atomic E-state index is -0.103. The molecule has 23 heavy (non-hydrogen) atoms. The molecular weight excluding hydrogens is 288 g/mol. The number of hydrogen-bond acceptors (Lipinski definition) is 4. The van der Waals surface area contributed by atoms with Crippen molar-refractivity contribution in [2.24, 2.45) is 0 Å². The number of aromatic nitrogens is 2. The van der Waals surface area contributed by atoms with E-state index in [1.807, 2.05) is 20.0 Å². The van der Waals surface area contributed by atoms with E-state index in [4.69, 9.17) is 0 Å². The van der Waals surface area contributed by atoms with Crippen LogP contribution >= 0.6 is 0 Å². The zero-order chi connectivity index (χ0) is 16.2. The lowest BCUT2D eigenvalue weighted by Crippen LogP contribution is -2.28. The van der Waals surface area contributed by atoms with Gasteiger partial charge in [-0.05, 0) is 31.4 Å². The van der Waals surface area contributed by atoms with Crippen molar-refractivity contribution in [3.63, 3.8) is 0 Å². The molecule has 0 unspecified atom stereocenters. The van der Waals surface area contributed by atoms with Crippen molar-refractivity contribution in [2.75, 3.05) is 25.0 Å². The van der Waals surface area contributed by atoms with Gasteiger partial charge in [-0.15, -0.1) is 0 Å². The monoisotopic (exact) mass is 310 g/mol. The van der Waals surface area contributed by atoms with Crippen molar-refractivity contribution in [3.05, 3.63) is 53.6 Å². The number of aryl methyl sites for hydroxylation is 1. The highest BCUT2D eigenvalue weighted by Crippen LogP contribution is 2.25. The van der Waals surface area contributed by atoms with Gasteiger partial charge >= 0.3 is 0 Å². The van der Waals surface area contributed by atoms with E-state index in [0.29, 0.717) is 12.2 Å². The van der Waals surface area contributed by atoms with E-state index in [-0.39, 0.29) is 5.91 Å². The third-order valence-electron chi connectivity index (χ3n) is 4.19. The Balaban J connectivity index is 1.76. The molecule has 0 bridgehead atoms. The van der Waals surface area contributed by atoms with Gasteiger partial charge in [-0.2, -0.15) is 0 Å². The molecule has 3 rings (SSSR count). The first kappa shape index (κ1) is 15.5. The van der Waals surface area contributed by atoms with Crippen molar-refractivity contribution in [2.45, 2.75) is 26.3 Å². The minimum absolute atomic E-state index is 0.103. The summed E-state index contributed by atoms with van der Waals surface area (Å²) in [6.07, 6.45) is 5.64. The Hall–Kier alpha value is -2.43.